The van der Waals surface area contributed by atoms with Gasteiger partial charge in [-0.1, -0.05) is 26.2 Å². The van der Waals surface area contributed by atoms with E-state index < -0.39 is 0 Å². The van der Waals surface area contributed by atoms with Gasteiger partial charge in [-0.15, -0.1) is 0 Å². The SMILES string of the molecule is CCCC(CCO)CN=C(NCC)NCCCOC1CCCC1. The number of aliphatic imine (C=N–C) groups is 1. The standard InChI is InChI=1S/C18H37N3O2/c1-3-8-16(11-13-22)15-21-18(19-4-2)20-12-7-14-23-17-9-5-6-10-17/h16-17,22H,3-15H2,1-2H3,(H2,19,20,21). The van der Waals surface area contributed by atoms with Crippen LogP contribution in [0.3, 0.4) is 0 Å². The van der Waals surface area contributed by atoms with Crippen molar-refractivity contribution in [3.05, 3.63) is 0 Å². The molecule has 1 rings (SSSR count). The van der Waals surface area contributed by atoms with Gasteiger partial charge < -0.3 is 20.5 Å². The molecule has 0 aromatic rings. The van der Waals surface area contributed by atoms with E-state index in [4.69, 9.17) is 9.84 Å². The van der Waals surface area contributed by atoms with Crippen LogP contribution in [0.15, 0.2) is 4.99 Å². The first kappa shape index (κ1) is 20.2. The zero-order valence-electron chi connectivity index (χ0n) is 15.1. The Morgan fingerprint density at radius 2 is 2.00 bits per heavy atom. The molecule has 1 aliphatic carbocycles. The number of guanidine groups is 1. The van der Waals surface area contributed by atoms with Crippen LogP contribution in [0.2, 0.25) is 0 Å². The molecular weight excluding hydrogens is 290 g/mol. The molecule has 0 amide bonds. The monoisotopic (exact) mass is 327 g/mol. The van der Waals surface area contributed by atoms with Crippen molar-refractivity contribution in [1.82, 2.24) is 10.6 Å². The van der Waals surface area contributed by atoms with Crippen LogP contribution in [0.4, 0.5) is 0 Å². The third-order valence-corrected chi connectivity index (χ3v) is 4.36. The minimum atomic E-state index is 0.253. The van der Waals surface area contributed by atoms with E-state index in [1.807, 2.05) is 0 Å². The van der Waals surface area contributed by atoms with Crippen molar-refractivity contribution in [1.29, 1.82) is 0 Å². The molecule has 0 saturated heterocycles. The van der Waals surface area contributed by atoms with Crippen molar-refractivity contribution in [2.75, 3.05) is 32.8 Å². The van der Waals surface area contributed by atoms with Crippen LogP contribution in [-0.2, 0) is 4.74 Å². The topological polar surface area (TPSA) is 65.9 Å². The Morgan fingerprint density at radius 1 is 1.22 bits per heavy atom. The van der Waals surface area contributed by atoms with Crippen molar-refractivity contribution in [3.8, 4) is 0 Å². The highest BCUT2D eigenvalue weighted by molar-refractivity contribution is 5.79. The molecule has 3 N–H and O–H groups in total. The summed E-state index contributed by atoms with van der Waals surface area (Å²) in [7, 11) is 0. The molecule has 0 aliphatic heterocycles. The van der Waals surface area contributed by atoms with Gasteiger partial charge in [-0.2, -0.15) is 0 Å². The lowest BCUT2D eigenvalue weighted by molar-refractivity contribution is 0.0574. The molecule has 5 nitrogen and oxygen atoms in total. The Bertz CT molecular complexity index is 299. The van der Waals surface area contributed by atoms with E-state index in [0.717, 1.165) is 57.9 Å². The number of aliphatic hydroxyl groups excluding tert-OH is 1. The second-order valence-corrected chi connectivity index (χ2v) is 6.44. The fourth-order valence-corrected chi connectivity index (χ4v) is 3.06. The molecule has 0 aromatic heterocycles. The van der Waals surface area contributed by atoms with Crippen molar-refractivity contribution < 1.29 is 9.84 Å². The van der Waals surface area contributed by atoms with Gasteiger partial charge in [0, 0.05) is 32.8 Å². The molecule has 23 heavy (non-hydrogen) atoms. The summed E-state index contributed by atoms with van der Waals surface area (Å²) in [5, 5.41) is 15.8. The van der Waals surface area contributed by atoms with Gasteiger partial charge in [0.2, 0.25) is 0 Å². The van der Waals surface area contributed by atoms with Crippen LogP contribution < -0.4 is 10.6 Å². The summed E-state index contributed by atoms with van der Waals surface area (Å²) in [6, 6.07) is 0. The highest BCUT2D eigenvalue weighted by atomic mass is 16.5. The Hall–Kier alpha value is -0.810. The van der Waals surface area contributed by atoms with Crippen LogP contribution >= 0.6 is 0 Å². The van der Waals surface area contributed by atoms with Crippen molar-refractivity contribution in [2.24, 2.45) is 10.9 Å². The van der Waals surface area contributed by atoms with E-state index in [2.05, 4.69) is 29.5 Å². The number of ether oxygens (including phenoxy) is 1. The average molecular weight is 328 g/mol. The predicted octanol–water partition coefficient (Wildman–Crippen LogP) is 2.69. The van der Waals surface area contributed by atoms with Gasteiger partial charge in [-0.05, 0) is 44.9 Å². The maximum Gasteiger partial charge on any atom is 0.191 e. The number of nitrogens with one attached hydrogen (secondary N) is 2. The lowest BCUT2D eigenvalue weighted by atomic mass is 10.0. The molecule has 1 fully saturated rings. The van der Waals surface area contributed by atoms with Gasteiger partial charge in [0.05, 0.1) is 6.10 Å². The van der Waals surface area contributed by atoms with Gasteiger partial charge >= 0.3 is 0 Å². The van der Waals surface area contributed by atoms with Gasteiger partial charge in [0.15, 0.2) is 5.96 Å². The average Bonchev–Trinajstić information content (AvgIpc) is 3.05. The summed E-state index contributed by atoms with van der Waals surface area (Å²) in [6.45, 7) is 7.88. The minimum absolute atomic E-state index is 0.253. The lowest BCUT2D eigenvalue weighted by Gasteiger charge is -2.16. The maximum atomic E-state index is 9.13. The first-order valence-corrected chi connectivity index (χ1v) is 9.54. The van der Waals surface area contributed by atoms with Gasteiger partial charge in [0.1, 0.15) is 0 Å². The summed E-state index contributed by atoms with van der Waals surface area (Å²) in [6.07, 6.45) is 9.75. The third-order valence-electron chi connectivity index (χ3n) is 4.36. The number of hydrogen-bond donors (Lipinski definition) is 3. The molecule has 136 valence electrons. The summed E-state index contributed by atoms with van der Waals surface area (Å²) >= 11 is 0. The Balaban J connectivity index is 2.21. The van der Waals surface area contributed by atoms with E-state index in [0.29, 0.717) is 12.0 Å². The van der Waals surface area contributed by atoms with Crippen LogP contribution in [0.1, 0.15) is 65.2 Å². The summed E-state index contributed by atoms with van der Waals surface area (Å²) in [5.41, 5.74) is 0. The number of rotatable bonds is 12. The quantitative estimate of drug-likeness (QED) is 0.293. The zero-order chi connectivity index (χ0) is 16.8. The first-order valence-electron chi connectivity index (χ1n) is 9.54. The summed E-state index contributed by atoms with van der Waals surface area (Å²) < 4.78 is 5.88. The summed E-state index contributed by atoms with van der Waals surface area (Å²) in [5.74, 6) is 1.36. The van der Waals surface area contributed by atoms with Gasteiger partial charge in [0.25, 0.3) is 0 Å². The second-order valence-electron chi connectivity index (χ2n) is 6.44. The largest absolute Gasteiger partial charge is 0.396 e. The molecule has 0 bridgehead atoms. The molecule has 0 radical (unpaired) electrons. The van der Waals surface area contributed by atoms with E-state index in [9.17, 15) is 0 Å². The van der Waals surface area contributed by atoms with Crippen LogP contribution in [-0.4, -0.2) is 50.0 Å². The van der Waals surface area contributed by atoms with E-state index in [1.165, 1.54) is 25.7 Å². The highest BCUT2D eigenvalue weighted by Crippen LogP contribution is 2.20. The zero-order valence-corrected chi connectivity index (χ0v) is 15.1. The molecule has 1 atom stereocenters. The third kappa shape index (κ3) is 9.82. The van der Waals surface area contributed by atoms with Crippen molar-refractivity contribution in [2.45, 2.75) is 71.3 Å². The minimum Gasteiger partial charge on any atom is -0.396 e. The smallest absolute Gasteiger partial charge is 0.191 e. The van der Waals surface area contributed by atoms with Crippen LogP contribution in [0, 0.1) is 5.92 Å². The molecule has 0 spiro atoms. The van der Waals surface area contributed by atoms with E-state index in [-0.39, 0.29) is 6.61 Å². The Morgan fingerprint density at radius 3 is 2.65 bits per heavy atom. The Labute approximate surface area is 142 Å². The van der Waals surface area contributed by atoms with E-state index in [1.54, 1.807) is 0 Å². The number of nitrogens with zero attached hydrogens (tertiary/aromatic N) is 1. The van der Waals surface area contributed by atoms with Gasteiger partial charge in [-0.25, -0.2) is 0 Å². The normalized spacial score (nSPS) is 17.4. The maximum absolute atomic E-state index is 9.13. The van der Waals surface area contributed by atoms with Gasteiger partial charge in [-0.3, -0.25) is 4.99 Å². The molecule has 1 saturated carbocycles. The summed E-state index contributed by atoms with van der Waals surface area (Å²) in [4.78, 5) is 4.67. The fourth-order valence-electron chi connectivity index (χ4n) is 3.06. The highest BCUT2D eigenvalue weighted by Gasteiger charge is 2.14. The molecule has 0 aromatic carbocycles. The Kier molecular flexibility index (Phi) is 12.0. The lowest BCUT2D eigenvalue weighted by Crippen LogP contribution is -2.38. The van der Waals surface area contributed by atoms with Crippen molar-refractivity contribution >= 4 is 5.96 Å². The fraction of sp³-hybridized carbons (Fsp3) is 0.944. The van der Waals surface area contributed by atoms with Crippen LogP contribution in [0.5, 0.6) is 0 Å². The molecule has 0 heterocycles. The molecule has 1 unspecified atom stereocenters. The number of aliphatic hydroxyl groups is 1. The molecular formula is C18H37N3O2. The molecule has 5 heteroatoms. The molecule has 1 aliphatic rings. The number of hydrogen-bond acceptors (Lipinski definition) is 3. The first-order chi connectivity index (χ1) is 11.3. The van der Waals surface area contributed by atoms with Crippen molar-refractivity contribution in [3.63, 3.8) is 0 Å². The predicted molar refractivity (Wildman–Crippen MR) is 96.9 cm³/mol. The van der Waals surface area contributed by atoms with Crippen LogP contribution in [0.25, 0.3) is 0 Å². The second kappa shape index (κ2) is 13.6. The van der Waals surface area contributed by atoms with E-state index >= 15 is 0 Å².